The van der Waals surface area contributed by atoms with Crippen molar-refractivity contribution in [3.63, 3.8) is 0 Å². The highest BCUT2D eigenvalue weighted by atomic mass is 35.5. The van der Waals surface area contributed by atoms with E-state index < -0.39 is 17.5 Å². The Morgan fingerprint density at radius 2 is 2.11 bits per heavy atom. The van der Waals surface area contributed by atoms with Crippen molar-refractivity contribution in [2.45, 2.75) is 38.2 Å². The summed E-state index contributed by atoms with van der Waals surface area (Å²) in [5.41, 5.74) is 0.0260. The van der Waals surface area contributed by atoms with Crippen LogP contribution in [0.25, 0.3) is 0 Å². The highest BCUT2D eigenvalue weighted by molar-refractivity contribution is 6.33. The highest BCUT2D eigenvalue weighted by Gasteiger charge is 2.50. The van der Waals surface area contributed by atoms with E-state index in [4.69, 9.17) is 16.3 Å². The third-order valence-corrected chi connectivity index (χ3v) is 5.47. The van der Waals surface area contributed by atoms with Crippen LogP contribution in [0, 0.1) is 0 Å². The van der Waals surface area contributed by atoms with Crippen LogP contribution in [0.3, 0.4) is 0 Å². The van der Waals surface area contributed by atoms with Gasteiger partial charge in [0.05, 0.1) is 11.3 Å². The van der Waals surface area contributed by atoms with E-state index in [0.717, 1.165) is 12.8 Å². The molecule has 2 aliphatic rings. The smallest absolute Gasteiger partial charge is 0.415 e. The lowest BCUT2D eigenvalue weighted by Crippen LogP contribution is -2.51. The number of nitrogens with zero attached hydrogens (tertiary/aromatic N) is 3. The largest absolute Gasteiger partial charge is 0.436 e. The number of urea groups is 1. The zero-order chi connectivity index (χ0) is 20.3. The number of aromatic nitrogens is 1. The molecule has 2 saturated heterocycles. The van der Waals surface area contributed by atoms with Crippen LogP contribution in [-0.4, -0.2) is 58.1 Å². The fraction of sp³-hybridized carbons (Fsp3) is 0.474. The minimum absolute atomic E-state index is 0.0340. The normalized spacial score (nSPS) is 18.4. The number of nitrogens with one attached hydrogen (secondary N) is 1. The summed E-state index contributed by atoms with van der Waals surface area (Å²) >= 11 is 5.89. The number of likely N-dealkylation sites (tertiary alicyclic amines) is 1. The average molecular weight is 407 g/mol. The summed E-state index contributed by atoms with van der Waals surface area (Å²) in [6.45, 7) is 7.39. The quantitative estimate of drug-likeness (QED) is 0.775. The first-order valence-electron chi connectivity index (χ1n) is 9.28. The Labute approximate surface area is 168 Å². The van der Waals surface area contributed by atoms with Gasteiger partial charge in [-0.25, -0.2) is 14.6 Å². The van der Waals surface area contributed by atoms with Crippen LogP contribution >= 0.6 is 11.6 Å². The standard InChI is InChI=1S/C19H23ClN4O4/c1-3-4-10-24-13(2)19(28-18(24)27)7-11-23(12-8-19)17(26)22-16(25)14-6-5-9-21-15(14)20/h5-6,9H,2-4,7-8,10-12H2,1H3,(H,22,25,26). The molecule has 150 valence electrons. The number of amides is 4. The second-order valence-electron chi connectivity index (χ2n) is 6.90. The first-order valence-corrected chi connectivity index (χ1v) is 9.66. The Balaban J connectivity index is 1.59. The molecule has 8 nitrogen and oxygen atoms in total. The lowest BCUT2D eigenvalue weighted by molar-refractivity contribution is 0.0236. The molecular weight excluding hydrogens is 384 g/mol. The zero-order valence-corrected chi connectivity index (χ0v) is 16.5. The van der Waals surface area contributed by atoms with Crippen molar-refractivity contribution >= 4 is 29.6 Å². The maximum absolute atomic E-state index is 12.4. The minimum Gasteiger partial charge on any atom is -0.436 e. The van der Waals surface area contributed by atoms with Crippen molar-refractivity contribution in [3.8, 4) is 0 Å². The predicted octanol–water partition coefficient (Wildman–Crippen LogP) is 3.19. The maximum atomic E-state index is 12.4. The van der Waals surface area contributed by atoms with Gasteiger partial charge in [-0.2, -0.15) is 0 Å². The molecule has 0 atom stereocenters. The van der Waals surface area contributed by atoms with Crippen LogP contribution in [0.1, 0.15) is 43.0 Å². The number of pyridine rings is 1. The maximum Gasteiger partial charge on any atom is 0.415 e. The number of imide groups is 1. The van der Waals surface area contributed by atoms with Gasteiger partial charge in [0, 0.05) is 38.7 Å². The topological polar surface area (TPSA) is 91.8 Å². The van der Waals surface area contributed by atoms with Crippen molar-refractivity contribution in [2.75, 3.05) is 19.6 Å². The number of hydrogen-bond acceptors (Lipinski definition) is 5. The number of unbranched alkanes of at least 4 members (excludes halogenated alkanes) is 1. The third kappa shape index (κ3) is 3.82. The van der Waals surface area contributed by atoms with Crippen molar-refractivity contribution in [2.24, 2.45) is 0 Å². The lowest BCUT2D eigenvalue weighted by atomic mass is 9.88. The van der Waals surface area contributed by atoms with Crippen LogP contribution in [0.15, 0.2) is 30.6 Å². The van der Waals surface area contributed by atoms with Crippen LogP contribution < -0.4 is 5.32 Å². The van der Waals surface area contributed by atoms with E-state index in [1.807, 2.05) is 0 Å². The van der Waals surface area contributed by atoms with Crippen molar-refractivity contribution in [1.29, 1.82) is 0 Å². The van der Waals surface area contributed by atoms with Gasteiger partial charge in [0.1, 0.15) is 5.15 Å². The monoisotopic (exact) mass is 406 g/mol. The van der Waals surface area contributed by atoms with Gasteiger partial charge in [0.2, 0.25) is 0 Å². The second kappa shape index (κ2) is 8.18. The van der Waals surface area contributed by atoms with Crippen molar-refractivity contribution < 1.29 is 19.1 Å². The molecule has 28 heavy (non-hydrogen) atoms. The molecule has 0 bridgehead atoms. The average Bonchev–Trinajstić information content (AvgIpc) is 2.90. The SMILES string of the molecule is C=C1N(CCCC)C(=O)OC12CCN(C(=O)NC(=O)c1cccnc1Cl)CC2. The molecule has 3 heterocycles. The third-order valence-electron chi connectivity index (χ3n) is 5.17. The fourth-order valence-electron chi connectivity index (χ4n) is 3.44. The molecule has 0 aromatic carbocycles. The van der Waals surface area contributed by atoms with E-state index in [9.17, 15) is 14.4 Å². The summed E-state index contributed by atoms with van der Waals surface area (Å²) in [5.74, 6) is -0.606. The fourth-order valence-corrected chi connectivity index (χ4v) is 3.65. The molecule has 0 aliphatic carbocycles. The Morgan fingerprint density at radius 1 is 1.39 bits per heavy atom. The molecule has 2 fully saturated rings. The molecule has 0 radical (unpaired) electrons. The van der Waals surface area contributed by atoms with Gasteiger partial charge >= 0.3 is 12.1 Å². The molecule has 1 N–H and O–H groups in total. The van der Waals surface area contributed by atoms with Gasteiger partial charge in [-0.1, -0.05) is 31.5 Å². The van der Waals surface area contributed by atoms with Gasteiger partial charge < -0.3 is 9.64 Å². The molecule has 1 aromatic rings. The van der Waals surface area contributed by atoms with E-state index in [-0.39, 0.29) is 16.8 Å². The summed E-state index contributed by atoms with van der Waals surface area (Å²) in [5, 5.41) is 2.36. The molecule has 0 unspecified atom stereocenters. The van der Waals surface area contributed by atoms with Crippen molar-refractivity contribution in [1.82, 2.24) is 20.1 Å². The summed E-state index contributed by atoms with van der Waals surface area (Å²) in [6.07, 6.45) is 3.80. The number of ether oxygens (including phenoxy) is 1. The van der Waals surface area contributed by atoms with E-state index in [0.29, 0.717) is 38.2 Å². The van der Waals surface area contributed by atoms with Gasteiger partial charge in [-0.05, 0) is 18.6 Å². The summed E-state index contributed by atoms with van der Waals surface area (Å²) in [4.78, 5) is 43.8. The van der Waals surface area contributed by atoms with Gasteiger partial charge in [0.25, 0.3) is 5.91 Å². The molecule has 9 heteroatoms. The van der Waals surface area contributed by atoms with Gasteiger partial charge in [-0.3, -0.25) is 15.0 Å². The summed E-state index contributed by atoms with van der Waals surface area (Å²) in [7, 11) is 0. The number of hydrogen-bond donors (Lipinski definition) is 1. The molecule has 4 amide bonds. The van der Waals surface area contributed by atoms with E-state index >= 15 is 0 Å². The Hall–Kier alpha value is -2.61. The number of carbonyl (C=O) groups excluding carboxylic acids is 3. The highest BCUT2D eigenvalue weighted by Crippen LogP contribution is 2.40. The van der Waals surface area contributed by atoms with Gasteiger partial charge in [-0.15, -0.1) is 0 Å². The van der Waals surface area contributed by atoms with E-state index in [1.165, 1.54) is 17.2 Å². The molecule has 1 aromatic heterocycles. The van der Waals surface area contributed by atoms with Crippen LogP contribution in [0.5, 0.6) is 0 Å². The molecule has 3 rings (SSSR count). The Morgan fingerprint density at radius 3 is 2.75 bits per heavy atom. The number of piperidine rings is 1. The molecule has 2 aliphatic heterocycles. The van der Waals surface area contributed by atoms with Crippen molar-refractivity contribution in [3.05, 3.63) is 41.3 Å². The Bertz CT molecular complexity index is 805. The van der Waals surface area contributed by atoms with E-state index in [2.05, 4.69) is 23.8 Å². The number of carbonyl (C=O) groups is 3. The molecule has 0 saturated carbocycles. The van der Waals surface area contributed by atoms with E-state index in [1.54, 1.807) is 11.0 Å². The first kappa shape index (κ1) is 20.1. The summed E-state index contributed by atoms with van der Waals surface area (Å²) in [6, 6.07) is 2.55. The number of halogens is 1. The second-order valence-corrected chi connectivity index (χ2v) is 7.26. The Kier molecular flexibility index (Phi) is 5.88. The molecule has 1 spiro atoms. The first-order chi connectivity index (χ1) is 13.4. The number of rotatable bonds is 4. The van der Waals surface area contributed by atoms with Gasteiger partial charge in [0.15, 0.2) is 5.60 Å². The van der Waals surface area contributed by atoms with Crippen LogP contribution in [0.2, 0.25) is 5.15 Å². The lowest BCUT2D eigenvalue weighted by Gasteiger charge is -2.38. The minimum atomic E-state index is -0.766. The van der Waals surface area contributed by atoms with Crippen LogP contribution in [0.4, 0.5) is 9.59 Å². The zero-order valence-electron chi connectivity index (χ0n) is 15.7. The predicted molar refractivity (Wildman–Crippen MR) is 103 cm³/mol. The van der Waals surface area contributed by atoms with Crippen LogP contribution in [-0.2, 0) is 4.74 Å². The molecular formula is C19H23ClN4O4. The summed E-state index contributed by atoms with van der Waals surface area (Å²) < 4.78 is 5.64.